The lowest BCUT2D eigenvalue weighted by Crippen LogP contribution is -2.01. The average molecular weight is 347 g/mol. The van der Waals surface area contributed by atoms with Crippen molar-refractivity contribution in [3.05, 3.63) is 58.6 Å². The van der Waals surface area contributed by atoms with Crippen LogP contribution in [0.2, 0.25) is 5.02 Å². The van der Waals surface area contributed by atoms with Crippen molar-refractivity contribution in [3.8, 4) is 17.2 Å². The van der Waals surface area contributed by atoms with E-state index in [0.717, 1.165) is 11.1 Å². The molecule has 5 nitrogen and oxygen atoms in total. The van der Waals surface area contributed by atoms with E-state index in [9.17, 15) is 4.79 Å². The van der Waals surface area contributed by atoms with Gasteiger partial charge in [0.15, 0.2) is 11.5 Å². The Balaban J connectivity index is 1.62. The minimum absolute atomic E-state index is 0.0887. The number of hydrogen-bond acceptors (Lipinski definition) is 5. The fraction of sp³-hybridized carbons (Fsp3) is 0.167. The second-order valence-corrected chi connectivity index (χ2v) is 5.40. The van der Waals surface area contributed by atoms with Crippen LogP contribution >= 0.6 is 11.6 Å². The van der Waals surface area contributed by atoms with Crippen LogP contribution in [-0.4, -0.2) is 19.9 Å². The Labute approximate surface area is 144 Å². The quantitative estimate of drug-likeness (QED) is 0.608. The molecule has 6 heteroatoms. The Morgan fingerprint density at radius 2 is 2.12 bits per heavy atom. The molecule has 3 rings (SSSR count). The first kappa shape index (κ1) is 16.2. The van der Waals surface area contributed by atoms with Gasteiger partial charge in [-0.1, -0.05) is 29.8 Å². The predicted molar refractivity (Wildman–Crippen MR) is 89.4 cm³/mol. The van der Waals surface area contributed by atoms with Gasteiger partial charge in [0, 0.05) is 11.6 Å². The molecule has 0 aromatic heterocycles. The molecule has 0 atom stereocenters. The lowest BCUT2D eigenvalue weighted by Gasteiger charge is -2.06. The number of rotatable bonds is 5. The van der Waals surface area contributed by atoms with Crippen molar-refractivity contribution >= 4 is 23.6 Å². The number of para-hydroxylation sites is 1. The Kier molecular flexibility index (Phi) is 4.91. The van der Waals surface area contributed by atoms with E-state index < -0.39 is 5.97 Å². The number of halogens is 1. The van der Waals surface area contributed by atoms with Crippen molar-refractivity contribution in [2.45, 2.75) is 6.61 Å². The third kappa shape index (κ3) is 3.63. The molecule has 1 aliphatic heterocycles. The molecule has 0 amide bonds. The van der Waals surface area contributed by atoms with E-state index in [2.05, 4.69) is 0 Å². The summed E-state index contributed by atoms with van der Waals surface area (Å²) in [6.45, 7) is 0.228. The van der Waals surface area contributed by atoms with Crippen LogP contribution in [0.15, 0.2) is 42.5 Å². The largest absolute Gasteiger partial charge is 0.496 e. The van der Waals surface area contributed by atoms with Gasteiger partial charge in [0.05, 0.1) is 12.1 Å². The molecular formula is C18H15ClO5. The summed E-state index contributed by atoms with van der Waals surface area (Å²) in [5.74, 6) is 1.29. The molecule has 0 aliphatic carbocycles. The highest BCUT2D eigenvalue weighted by atomic mass is 35.5. The molecule has 1 heterocycles. The van der Waals surface area contributed by atoms with E-state index in [1.54, 1.807) is 25.3 Å². The van der Waals surface area contributed by atoms with Crippen molar-refractivity contribution in [1.29, 1.82) is 0 Å². The maximum absolute atomic E-state index is 11.9. The van der Waals surface area contributed by atoms with Gasteiger partial charge in [-0.2, -0.15) is 0 Å². The van der Waals surface area contributed by atoms with Crippen LogP contribution in [-0.2, 0) is 16.1 Å². The second kappa shape index (κ2) is 7.27. The first-order valence-corrected chi connectivity index (χ1v) is 7.61. The molecule has 0 saturated carbocycles. The van der Waals surface area contributed by atoms with Crippen molar-refractivity contribution < 1.29 is 23.7 Å². The first-order chi connectivity index (χ1) is 11.7. The molecule has 0 saturated heterocycles. The number of methoxy groups -OCH3 is 1. The lowest BCUT2D eigenvalue weighted by atomic mass is 10.2. The number of fused-ring (bicyclic) bond motifs is 1. The molecule has 2 aromatic carbocycles. The molecule has 1 aliphatic rings. The zero-order valence-electron chi connectivity index (χ0n) is 13.0. The Morgan fingerprint density at radius 3 is 2.96 bits per heavy atom. The van der Waals surface area contributed by atoms with Gasteiger partial charge in [-0.05, 0) is 29.8 Å². The van der Waals surface area contributed by atoms with Crippen LogP contribution in [0.25, 0.3) is 6.08 Å². The van der Waals surface area contributed by atoms with E-state index >= 15 is 0 Å². The molecule has 24 heavy (non-hydrogen) atoms. The maximum atomic E-state index is 11.9. The third-order valence-corrected chi connectivity index (χ3v) is 3.69. The minimum atomic E-state index is -0.463. The second-order valence-electron chi connectivity index (χ2n) is 4.99. The van der Waals surface area contributed by atoms with Gasteiger partial charge in [-0.15, -0.1) is 0 Å². The summed E-state index contributed by atoms with van der Waals surface area (Å²) in [4.78, 5) is 11.9. The monoisotopic (exact) mass is 346 g/mol. The molecule has 0 fully saturated rings. The number of carbonyl (C=O) groups is 1. The van der Waals surface area contributed by atoms with Crippen LogP contribution in [0.5, 0.6) is 17.2 Å². The number of hydrogen-bond donors (Lipinski definition) is 0. The van der Waals surface area contributed by atoms with Gasteiger partial charge in [0.1, 0.15) is 12.4 Å². The highest BCUT2D eigenvalue weighted by molar-refractivity contribution is 6.32. The van der Waals surface area contributed by atoms with Crippen LogP contribution in [0.1, 0.15) is 11.1 Å². The van der Waals surface area contributed by atoms with Gasteiger partial charge in [-0.25, -0.2) is 4.79 Å². The Bertz CT molecular complexity index is 785. The zero-order chi connectivity index (χ0) is 16.9. The number of benzene rings is 2. The Morgan fingerprint density at radius 1 is 1.29 bits per heavy atom. The summed E-state index contributed by atoms with van der Waals surface area (Å²) in [6.07, 6.45) is 3.00. The van der Waals surface area contributed by atoms with Crippen LogP contribution in [0.3, 0.4) is 0 Å². The van der Waals surface area contributed by atoms with Crippen molar-refractivity contribution in [2.24, 2.45) is 0 Å². The van der Waals surface area contributed by atoms with E-state index in [1.165, 1.54) is 6.08 Å². The number of ether oxygens (including phenoxy) is 4. The lowest BCUT2D eigenvalue weighted by molar-refractivity contribution is -0.138. The Hall–Kier alpha value is -2.66. The van der Waals surface area contributed by atoms with E-state index in [4.69, 9.17) is 30.5 Å². The van der Waals surface area contributed by atoms with Crippen molar-refractivity contribution in [2.75, 3.05) is 13.9 Å². The van der Waals surface area contributed by atoms with Crippen LogP contribution in [0.4, 0.5) is 0 Å². The van der Waals surface area contributed by atoms with E-state index in [0.29, 0.717) is 22.3 Å². The topological polar surface area (TPSA) is 54.0 Å². The van der Waals surface area contributed by atoms with Gasteiger partial charge >= 0.3 is 5.97 Å². The highest BCUT2D eigenvalue weighted by Gasteiger charge is 2.18. The summed E-state index contributed by atoms with van der Waals surface area (Å²) in [6, 6.07) is 10.8. The zero-order valence-corrected chi connectivity index (χ0v) is 13.7. The maximum Gasteiger partial charge on any atom is 0.331 e. The molecule has 0 N–H and O–H groups in total. The van der Waals surface area contributed by atoms with Gasteiger partial charge in [0.25, 0.3) is 0 Å². The van der Waals surface area contributed by atoms with Crippen molar-refractivity contribution in [3.63, 3.8) is 0 Å². The smallest absolute Gasteiger partial charge is 0.331 e. The van der Waals surface area contributed by atoms with Crippen molar-refractivity contribution in [1.82, 2.24) is 0 Å². The summed E-state index contributed by atoms with van der Waals surface area (Å²) >= 11 is 6.09. The van der Waals surface area contributed by atoms with E-state index in [-0.39, 0.29) is 13.4 Å². The van der Waals surface area contributed by atoms with Gasteiger partial charge < -0.3 is 18.9 Å². The normalized spacial score (nSPS) is 12.4. The van der Waals surface area contributed by atoms with Crippen LogP contribution < -0.4 is 14.2 Å². The van der Waals surface area contributed by atoms with Crippen LogP contribution in [0, 0.1) is 0 Å². The molecule has 2 aromatic rings. The fourth-order valence-electron chi connectivity index (χ4n) is 2.27. The number of carbonyl (C=O) groups excluding carboxylic acids is 1. The van der Waals surface area contributed by atoms with Gasteiger partial charge in [-0.3, -0.25) is 0 Å². The summed E-state index contributed by atoms with van der Waals surface area (Å²) in [5, 5.41) is 0.431. The SMILES string of the molecule is COc1ccccc1/C=C/C(=O)OCc1cc(Cl)c2c(c1)OCO2. The summed E-state index contributed by atoms with van der Waals surface area (Å²) in [7, 11) is 1.58. The number of esters is 1. The summed E-state index contributed by atoms with van der Waals surface area (Å²) in [5.41, 5.74) is 1.52. The molecule has 0 unspecified atom stereocenters. The molecule has 124 valence electrons. The standard InChI is InChI=1S/C18H15ClO5/c1-21-15-5-3-2-4-13(15)6-7-17(20)22-10-12-8-14(19)18-16(9-12)23-11-24-18/h2-9H,10-11H2,1H3/b7-6+. The highest BCUT2D eigenvalue weighted by Crippen LogP contribution is 2.39. The molecule has 0 spiro atoms. The molecule has 0 bridgehead atoms. The molecule has 0 radical (unpaired) electrons. The van der Waals surface area contributed by atoms with Gasteiger partial charge in [0.2, 0.25) is 6.79 Å². The summed E-state index contributed by atoms with van der Waals surface area (Å²) < 4.78 is 21.0. The fourth-order valence-corrected chi connectivity index (χ4v) is 2.56. The predicted octanol–water partition coefficient (Wildman–Crippen LogP) is 3.83. The first-order valence-electron chi connectivity index (χ1n) is 7.23. The average Bonchev–Trinajstić information content (AvgIpc) is 3.07. The third-order valence-electron chi connectivity index (χ3n) is 3.41. The molecular weight excluding hydrogens is 332 g/mol. The van der Waals surface area contributed by atoms with E-state index in [1.807, 2.05) is 24.3 Å². The minimum Gasteiger partial charge on any atom is -0.496 e.